The van der Waals surface area contributed by atoms with E-state index in [1.807, 2.05) is 42.1 Å². The maximum Gasteiger partial charge on any atom is 0.290 e. The minimum absolute atomic E-state index is 0.161. The molecule has 29 heavy (non-hydrogen) atoms. The molecular weight excluding hydrogens is 384 g/mol. The summed E-state index contributed by atoms with van der Waals surface area (Å²) < 4.78 is 3.53. The zero-order chi connectivity index (χ0) is 20.4. The van der Waals surface area contributed by atoms with Crippen molar-refractivity contribution in [3.8, 4) is 5.69 Å². The van der Waals surface area contributed by atoms with Gasteiger partial charge in [0.1, 0.15) is 5.02 Å². The SMILES string of the molecule is CCc1ccccc1N1CCN(Cc2c(Cl)c(=O)n(-c3ccccc3)n2C)CC1. The van der Waals surface area contributed by atoms with Gasteiger partial charge in [0.25, 0.3) is 5.56 Å². The number of nitrogens with zero attached hydrogens (tertiary/aromatic N) is 4. The van der Waals surface area contributed by atoms with Crippen molar-refractivity contribution in [1.82, 2.24) is 14.3 Å². The Morgan fingerprint density at radius 2 is 1.59 bits per heavy atom. The van der Waals surface area contributed by atoms with Crippen molar-refractivity contribution < 1.29 is 0 Å². The fraction of sp³-hybridized carbons (Fsp3) is 0.348. The van der Waals surface area contributed by atoms with Crippen molar-refractivity contribution in [2.24, 2.45) is 7.05 Å². The Labute approximate surface area is 176 Å². The van der Waals surface area contributed by atoms with Gasteiger partial charge in [0.15, 0.2) is 0 Å². The van der Waals surface area contributed by atoms with Crippen molar-refractivity contribution >= 4 is 17.3 Å². The van der Waals surface area contributed by atoms with Gasteiger partial charge >= 0.3 is 0 Å². The first-order chi connectivity index (χ1) is 14.1. The van der Waals surface area contributed by atoms with Gasteiger partial charge in [-0.1, -0.05) is 54.9 Å². The minimum atomic E-state index is -0.161. The van der Waals surface area contributed by atoms with Crippen LogP contribution in [0.25, 0.3) is 5.69 Å². The molecule has 1 aliphatic rings. The summed E-state index contributed by atoms with van der Waals surface area (Å²) in [4.78, 5) is 17.6. The van der Waals surface area contributed by atoms with E-state index in [2.05, 4.69) is 41.0 Å². The van der Waals surface area contributed by atoms with Crippen LogP contribution >= 0.6 is 11.6 Å². The minimum Gasteiger partial charge on any atom is -0.369 e. The van der Waals surface area contributed by atoms with Crippen LogP contribution in [0.3, 0.4) is 0 Å². The summed E-state index contributed by atoms with van der Waals surface area (Å²) in [5, 5.41) is 0.315. The van der Waals surface area contributed by atoms with E-state index in [0.717, 1.165) is 44.0 Å². The summed E-state index contributed by atoms with van der Waals surface area (Å²) in [5.41, 5.74) is 4.27. The molecule has 0 bridgehead atoms. The molecule has 1 fully saturated rings. The lowest BCUT2D eigenvalue weighted by molar-refractivity contribution is 0.243. The lowest BCUT2D eigenvalue weighted by atomic mass is 10.1. The van der Waals surface area contributed by atoms with E-state index in [9.17, 15) is 4.79 Å². The molecule has 2 aromatic carbocycles. The molecule has 6 heteroatoms. The maximum absolute atomic E-state index is 12.7. The number of benzene rings is 2. The summed E-state index contributed by atoms with van der Waals surface area (Å²) >= 11 is 6.46. The van der Waals surface area contributed by atoms with Gasteiger partial charge in [-0.05, 0) is 30.2 Å². The topological polar surface area (TPSA) is 33.4 Å². The smallest absolute Gasteiger partial charge is 0.290 e. The van der Waals surface area contributed by atoms with Gasteiger partial charge < -0.3 is 4.90 Å². The lowest BCUT2D eigenvalue weighted by Gasteiger charge is -2.37. The first-order valence-corrected chi connectivity index (χ1v) is 10.5. The summed E-state index contributed by atoms with van der Waals surface area (Å²) in [5.74, 6) is 0. The third kappa shape index (κ3) is 3.85. The molecule has 1 aliphatic heterocycles. The molecule has 2 heterocycles. The highest BCUT2D eigenvalue weighted by Crippen LogP contribution is 2.23. The molecule has 152 valence electrons. The van der Waals surface area contributed by atoms with Gasteiger partial charge in [0.05, 0.1) is 11.4 Å². The van der Waals surface area contributed by atoms with Crippen LogP contribution in [0.1, 0.15) is 18.2 Å². The Hall–Kier alpha value is -2.50. The standard InChI is InChI=1S/C23H27ClN4O/c1-3-18-9-7-8-12-20(18)27-15-13-26(14-16-27)17-21-22(24)23(29)28(25(21)2)19-10-5-4-6-11-19/h4-12H,3,13-17H2,1-2H3. The molecule has 0 spiro atoms. The molecule has 4 rings (SSSR count). The summed E-state index contributed by atoms with van der Waals surface area (Å²) in [6, 6.07) is 18.3. The Balaban J connectivity index is 1.50. The van der Waals surface area contributed by atoms with Crippen LogP contribution in [0.15, 0.2) is 59.4 Å². The lowest BCUT2D eigenvalue weighted by Crippen LogP contribution is -2.46. The zero-order valence-electron chi connectivity index (χ0n) is 17.0. The molecule has 0 radical (unpaired) electrons. The van der Waals surface area contributed by atoms with Gasteiger partial charge in [0.2, 0.25) is 0 Å². The average Bonchev–Trinajstić information content (AvgIpc) is 2.98. The fourth-order valence-corrected chi connectivity index (χ4v) is 4.39. The molecule has 1 saturated heterocycles. The Morgan fingerprint density at radius 1 is 0.931 bits per heavy atom. The largest absolute Gasteiger partial charge is 0.369 e. The average molecular weight is 411 g/mol. The number of aryl methyl sites for hydroxylation is 1. The van der Waals surface area contributed by atoms with Gasteiger partial charge in [-0.25, -0.2) is 4.68 Å². The zero-order valence-corrected chi connectivity index (χ0v) is 17.8. The number of hydrogen-bond donors (Lipinski definition) is 0. The summed E-state index contributed by atoms with van der Waals surface area (Å²) in [6.45, 7) is 6.71. The molecule has 0 N–H and O–H groups in total. The predicted octanol–water partition coefficient (Wildman–Crippen LogP) is 3.71. The number of rotatable bonds is 5. The summed E-state index contributed by atoms with van der Waals surface area (Å²) in [6.07, 6.45) is 1.04. The molecule has 3 aromatic rings. The number of anilines is 1. The van der Waals surface area contributed by atoms with Crippen molar-refractivity contribution in [2.75, 3.05) is 31.1 Å². The van der Waals surface area contributed by atoms with E-state index in [-0.39, 0.29) is 5.56 Å². The van der Waals surface area contributed by atoms with E-state index < -0.39 is 0 Å². The van der Waals surface area contributed by atoms with Crippen molar-refractivity contribution in [1.29, 1.82) is 0 Å². The molecule has 0 atom stereocenters. The van der Waals surface area contributed by atoms with Gasteiger partial charge in [0, 0.05) is 45.5 Å². The van der Waals surface area contributed by atoms with Crippen LogP contribution in [0.4, 0.5) is 5.69 Å². The van der Waals surface area contributed by atoms with Crippen LogP contribution in [0.2, 0.25) is 5.02 Å². The van der Waals surface area contributed by atoms with Gasteiger partial charge in [-0.2, -0.15) is 0 Å². The van der Waals surface area contributed by atoms with Gasteiger partial charge in [-0.3, -0.25) is 14.4 Å². The monoisotopic (exact) mass is 410 g/mol. The molecule has 0 unspecified atom stereocenters. The molecular formula is C23H27ClN4O. The third-order valence-electron chi connectivity index (χ3n) is 5.78. The van der Waals surface area contributed by atoms with Crippen LogP contribution in [-0.4, -0.2) is 40.4 Å². The Morgan fingerprint density at radius 3 is 2.28 bits per heavy atom. The molecule has 5 nitrogen and oxygen atoms in total. The number of aromatic nitrogens is 2. The highest BCUT2D eigenvalue weighted by molar-refractivity contribution is 6.31. The van der Waals surface area contributed by atoms with Crippen LogP contribution in [0, 0.1) is 0 Å². The first kappa shape index (κ1) is 19.8. The second-order valence-electron chi connectivity index (χ2n) is 7.48. The third-order valence-corrected chi connectivity index (χ3v) is 6.16. The second-order valence-corrected chi connectivity index (χ2v) is 7.86. The van der Waals surface area contributed by atoms with E-state index in [1.54, 1.807) is 4.68 Å². The van der Waals surface area contributed by atoms with Crippen molar-refractivity contribution in [3.63, 3.8) is 0 Å². The maximum atomic E-state index is 12.7. The van der Waals surface area contributed by atoms with Gasteiger partial charge in [-0.15, -0.1) is 0 Å². The second kappa shape index (κ2) is 8.47. The molecule has 1 aromatic heterocycles. The van der Waals surface area contributed by atoms with Crippen molar-refractivity contribution in [3.05, 3.63) is 81.2 Å². The predicted molar refractivity (Wildman–Crippen MR) is 119 cm³/mol. The molecule has 0 saturated carbocycles. The summed E-state index contributed by atoms with van der Waals surface area (Å²) in [7, 11) is 1.91. The first-order valence-electron chi connectivity index (χ1n) is 10.2. The highest BCUT2D eigenvalue weighted by Gasteiger charge is 2.23. The highest BCUT2D eigenvalue weighted by atomic mass is 35.5. The Kier molecular flexibility index (Phi) is 5.79. The van der Waals surface area contributed by atoms with Crippen LogP contribution < -0.4 is 10.5 Å². The van der Waals surface area contributed by atoms with Crippen molar-refractivity contribution in [2.45, 2.75) is 19.9 Å². The normalized spacial score (nSPS) is 15.1. The van der Waals surface area contributed by atoms with E-state index in [1.165, 1.54) is 11.3 Å². The van der Waals surface area contributed by atoms with Crippen LogP contribution in [0.5, 0.6) is 0 Å². The quantitative estimate of drug-likeness (QED) is 0.642. The number of piperazine rings is 1. The van der Waals surface area contributed by atoms with E-state index in [4.69, 9.17) is 11.6 Å². The fourth-order valence-electron chi connectivity index (χ4n) is 4.12. The van der Waals surface area contributed by atoms with Crippen LogP contribution in [-0.2, 0) is 20.0 Å². The number of halogens is 1. The Bertz CT molecular complexity index is 1030. The number of hydrogen-bond acceptors (Lipinski definition) is 3. The van der Waals surface area contributed by atoms with E-state index in [0.29, 0.717) is 11.6 Å². The van der Waals surface area contributed by atoms with E-state index >= 15 is 0 Å². The molecule has 0 amide bonds. The molecule has 0 aliphatic carbocycles. The number of para-hydroxylation sites is 2.